The fourth-order valence-corrected chi connectivity index (χ4v) is 4.00. The second-order valence-electron chi connectivity index (χ2n) is 7.07. The van der Waals surface area contributed by atoms with Gasteiger partial charge in [0, 0.05) is 38.3 Å². The number of para-hydroxylation sites is 1. The van der Waals surface area contributed by atoms with Crippen molar-refractivity contribution in [3.8, 4) is 5.69 Å². The zero-order valence-electron chi connectivity index (χ0n) is 14.9. The van der Waals surface area contributed by atoms with Crippen LogP contribution in [0.3, 0.4) is 0 Å². The summed E-state index contributed by atoms with van der Waals surface area (Å²) < 4.78 is 1.29. The van der Waals surface area contributed by atoms with Crippen molar-refractivity contribution in [1.29, 1.82) is 0 Å². The Bertz CT molecular complexity index is 819. The monoisotopic (exact) mass is 352 g/mol. The molecular weight excluding hydrogens is 328 g/mol. The lowest BCUT2D eigenvalue weighted by atomic mass is 10.1. The molecule has 2 fully saturated rings. The number of aromatic nitrogens is 2. The van der Waals surface area contributed by atoms with Gasteiger partial charge in [0.15, 0.2) is 0 Å². The maximum Gasteiger partial charge on any atom is 0.274 e. The molecular formula is C20H24N4O2. The summed E-state index contributed by atoms with van der Waals surface area (Å²) in [6.07, 6.45) is 5.23. The summed E-state index contributed by atoms with van der Waals surface area (Å²) in [5.41, 5.74) is 0.750. The Morgan fingerprint density at radius 2 is 1.62 bits per heavy atom. The van der Waals surface area contributed by atoms with E-state index in [1.807, 2.05) is 35.2 Å². The predicted molar refractivity (Wildman–Crippen MR) is 99.6 cm³/mol. The van der Waals surface area contributed by atoms with E-state index in [4.69, 9.17) is 0 Å². The maximum absolute atomic E-state index is 12.9. The van der Waals surface area contributed by atoms with E-state index in [1.165, 1.54) is 42.5 Å². The van der Waals surface area contributed by atoms with E-state index in [0.717, 1.165) is 26.2 Å². The molecule has 1 aliphatic carbocycles. The number of carbonyl (C=O) groups excluding carboxylic acids is 1. The summed E-state index contributed by atoms with van der Waals surface area (Å²) >= 11 is 0. The molecule has 2 aliphatic rings. The number of nitrogens with zero attached hydrogens (tertiary/aromatic N) is 4. The van der Waals surface area contributed by atoms with Gasteiger partial charge >= 0.3 is 0 Å². The van der Waals surface area contributed by atoms with Crippen molar-refractivity contribution >= 4 is 5.91 Å². The van der Waals surface area contributed by atoms with Gasteiger partial charge in [0.25, 0.3) is 11.5 Å². The third kappa shape index (κ3) is 3.42. The highest BCUT2D eigenvalue weighted by Crippen LogP contribution is 2.24. The van der Waals surface area contributed by atoms with Gasteiger partial charge in [0.2, 0.25) is 0 Å². The van der Waals surface area contributed by atoms with Crippen molar-refractivity contribution < 1.29 is 4.79 Å². The van der Waals surface area contributed by atoms with Gasteiger partial charge in [-0.3, -0.25) is 14.5 Å². The van der Waals surface area contributed by atoms with Crippen LogP contribution >= 0.6 is 0 Å². The van der Waals surface area contributed by atoms with Gasteiger partial charge < -0.3 is 4.90 Å². The second kappa shape index (κ2) is 7.41. The van der Waals surface area contributed by atoms with Crippen molar-refractivity contribution in [2.45, 2.75) is 31.7 Å². The highest BCUT2D eigenvalue weighted by Gasteiger charge is 2.28. The van der Waals surface area contributed by atoms with Gasteiger partial charge in [-0.15, -0.1) is 0 Å². The van der Waals surface area contributed by atoms with E-state index >= 15 is 0 Å². The molecule has 1 aromatic heterocycles. The first-order valence-electron chi connectivity index (χ1n) is 9.41. The molecule has 1 aliphatic heterocycles. The molecule has 6 nitrogen and oxygen atoms in total. The average Bonchev–Trinajstić information content (AvgIpc) is 3.23. The Morgan fingerprint density at radius 3 is 2.31 bits per heavy atom. The molecule has 0 bridgehead atoms. The number of rotatable bonds is 3. The van der Waals surface area contributed by atoms with Crippen LogP contribution < -0.4 is 5.56 Å². The fraction of sp³-hybridized carbons (Fsp3) is 0.450. The first-order valence-corrected chi connectivity index (χ1v) is 9.41. The number of hydrogen-bond donors (Lipinski definition) is 0. The number of amides is 1. The van der Waals surface area contributed by atoms with E-state index in [9.17, 15) is 9.59 Å². The molecule has 0 spiro atoms. The Hall–Kier alpha value is -2.47. The Morgan fingerprint density at radius 1 is 0.923 bits per heavy atom. The molecule has 4 rings (SSSR count). The molecule has 0 radical (unpaired) electrons. The molecule has 136 valence electrons. The summed E-state index contributed by atoms with van der Waals surface area (Å²) in [5.74, 6) is -0.0965. The van der Waals surface area contributed by atoms with Crippen molar-refractivity contribution in [2.75, 3.05) is 26.2 Å². The van der Waals surface area contributed by atoms with E-state index in [1.54, 1.807) is 0 Å². The van der Waals surface area contributed by atoms with Crippen LogP contribution in [0.15, 0.2) is 47.3 Å². The van der Waals surface area contributed by atoms with Gasteiger partial charge in [-0.1, -0.05) is 31.0 Å². The highest BCUT2D eigenvalue weighted by atomic mass is 16.2. The maximum atomic E-state index is 12.9. The molecule has 1 amide bonds. The largest absolute Gasteiger partial charge is 0.335 e. The fourth-order valence-electron chi connectivity index (χ4n) is 4.00. The zero-order chi connectivity index (χ0) is 17.9. The minimum Gasteiger partial charge on any atom is -0.335 e. The summed E-state index contributed by atoms with van der Waals surface area (Å²) in [5, 5.41) is 4.31. The second-order valence-corrected chi connectivity index (χ2v) is 7.07. The van der Waals surface area contributed by atoms with Gasteiger partial charge in [0.1, 0.15) is 5.69 Å². The van der Waals surface area contributed by atoms with Crippen molar-refractivity contribution in [1.82, 2.24) is 19.6 Å². The summed E-state index contributed by atoms with van der Waals surface area (Å²) in [7, 11) is 0. The molecule has 1 aromatic carbocycles. The normalized spacial score (nSPS) is 19.0. The number of hydrogen-bond acceptors (Lipinski definition) is 4. The standard InChI is InChI=1S/C20H24N4O2/c25-19-11-10-18(21-24(19)17-8-2-1-3-9-17)20(26)23-14-12-22(13-15-23)16-6-4-5-7-16/h1-3,8-11,16H,4-7,12-15H2. The first-order chi connectivity index (χ1) is 12.7. The zero-order valence-corrected chi connectivity index (χ0v) is 14.9. The first kappa shape index (κ1) is 17.0. The van der Waals surface area contributed by atoms with E-state index in [2.05, 4.69) is 10.00 Å². The Labute approximate surface area is 153 Å². The summed E-state index contributed by atoms with van der Waals surface area (Å²) in [6.45, 7) is 3.30. The lowest BCUT2D eigenvalue weighted by molar-refractivity contribution is 0.0566. The Balaban J connectivity index is 1.48. The molecule has 0 N–H and O–H groups in total. The minimum atomic E-state index is -0.237. The highest BCUT2D eigenvalue weighted by molar-refractivity contribution is 5.92. The van der Waals surface area contributed by atoms with Crippen LogP contribution in [0.4, 0.5) is 0 Å². The number of benzene rings is 1. The molecule has 2 heterocycles. The van der Waals surface area contributed by atoms with Crippen LogP contribution in [0, 0.1) is 0 Å². The molecule has 26 heavy (non-hydrogen) atoms. The summed E-state index contributed by atoms with van der Waals surface area (Å²) in [6, 6.07) is 12.8. The molecule has 2 aromatic rings. The summed E-state index contributed by atoms with van der Waals surface area (Å²) in [4.78, 5) is 29.4. The Kier molecular flexibility index (Phi) is 4.84. The average molecular weight is 352 g/mol. The van der Waals surface area contributed by atoms with Gasteiger partial charge in [-0.25, -0.2) is 0 Å². The molecule has 1 saturated heterocycles. The number of carbonyl (C=O) groups is 1. The number of piperazine rings is 1. The SMILES string of the molecule is O=C(c1ccc(=O)n(-c2ccccc2)n1)N1CCN(C2CCCC2)CC1. The van der Waals surface area contributed by atoms with Crippen LogP contribution in [-0.2, 0) is 0 Å². The predicted octanol–water partition coefficient (Wildman–Crippen LogP) is 1.93. The third-order valence-corrected chi connectivity index (χ3v) is 5.46. The third-order valence-electron chi connectivity index (χ3n) is 5.46. The van der Waals surface area contributed by atoms with Gasteiger partial charge in [-0.2, -0.15) is 9.78 Å². The topological polar surface area (TPSA) is 58.4 Å². The minimum absolute atomic E-state index is 0.0965. The van der Waals surface area contributed by atoms with Crippen LogP contribution in [-0.4, -0.2) is 57.7 Å². The van der Waals surface area contributed by atoms with Crippen LogP contribution in [0.25, 0.3) is 5.69 Å². The van der Waals surface area contributed by atoms with E-state index in [0.29, 0.717) is 17.4 Å². The van der Waals surface area contributed by atoms with E-state index in [-0.39, 0.29) is 11.5 Å². The van der Waals surface area contributed by atoms with Crippen LogP contribution in [0.2, 0.25) is 0 Å². The molecule has 1 saturated carbocycles. The van der Waals surface area contributed by atoms with Gasteiger partial charge in [-0.05, 0) is 31.0 Å². The van der Waals surface area contributed by atoms with Crippen molar-refractivity contribution in [2.24, 2.45) is 0 Å². The molecule has 0 atom stereocenters. The molecule has 0 unspecified atom stereocenters. The van der Waals surface area contributed by atoms with Crippen molar-refractivity contribution in [3.05, 3.63) is 58.5 Å². The quantitative estimate of drug-likeness (QED) is 0.847. The lowest BCUT2D eigenvalue weighted by Gasteiger charge is -2.37. The molecule has 6 heteroatoms. The van der Waals surface area contributed by atoms with Crippen LogP contribution in [0.5, 0.6) is 0 Å². The lowest BCUT2D eigenvalue weighted by Crippen LogP contribution is -2.51. The van der Waals surface area contributed by atoms with Gasteiger partial charge in [0.05, 0.1) is 5.69 Å². The van der Waals surface area contributed by atoms with Crippen LogP contribution in [0.1, 0.15) is 36.2 Å². The smallest absolute Gasteiger partial charge is 0.274 e. The van der Waals surface area contributed by atoms with Crippen molar-refractivity contribution in [3.63, 3.8) is 0 Å². The van der Waals surface area contributed by atoms with E-state index < -0.39 is 0 Å².